The number of aromatic nitrogens is 5. The molecule has 3 aromatic heterocycles. The minimum absolute atomic E-state index is 0.00367. The van der Waals surface area contributed by atoms with Gasteiger partial charge in [0.2, 0.25) is 5.95 Å². The number of nitriles is 1. The molecule has 0 amide bonds. The summed E-state index contributed by atoms with van der Waals surface area (Å²) < 4.78 is 15.4. The van der Waals surface area contributed by atoms with E-state index < -0.39 is 11.9 Å². The Bertz CT molecular complexity index is 1700. The maximum Gasteiger partial charge on any atom is 0.266 e. The van der Waals surface area contributed by atoms with Crippen LogP contribution in [-0.2, 0) is 0 Å². The first kappa shape index (κ1) is 22.6. The van der Waals surface area contributed by atoms with Crippen LogP contribution in [0.25, 0.3) is 27.7 Å². The minimum atomic E-state index is -0.566. The summed E-state index contributed by atoms with van der Waals surface area (Å²) in [6.07, 6.45) is 3.94. The van der Waals surface area contributed by atoms with Crippen LogP contribution in [-0.4, -0.2) is 24.5 Å². The number of rotatable bonds is 5. The van der Waals surface area contributed by atoms with Gasteiger partial charge in [0.1, 0.15) is 29.1 Å². The number of fused-ring (bicyclic) bond motifs is 1. The average Bonchev–Trinajstić information content (AvgIpc) is 2.89. The average molecular weight is 478 g/mol. The molecule has 5 aromatic rings. The van der Waals surface area contributed by atoms with Crippen molar-refractivity contribution in [3.63, 3.8) is 0 Å². The van der Waals surface area contributed by atoms with Crippen molar-refractivity contribution in [2.24, 2.45) is 0 Å². The van der Waals surface area contributed by atoms with Gasteiger partial charge in [0.05, 0.1) is 35.0 Å². The first-order valence-corrected chi connectivity index (χ1v) is 11.0. The van der Waals surface area contributed by atoms with Crippen LogP contribution in [0.15, 0.2) is 78.0 Å². The fraction of sp³-hybridized carbons (Fsp3) is 0.0769. The highest BCUT2D eigenvalue weighted by atomic mass is 19.1. The molecule has 0 fully saturated rings. The van der Waals surface area contributed by atoms with E-state index >= 15 is 0 Å². The second-order valence-electron chi connectivity index (χ2n) is 8.01. The molecule has 10 heteroatoms. The molecule has 0 aliphatic carbocycles. The maximum atomic E-state index is 14.0. The second-order valence-corrected chi connectivity index (χ2v) is 8.01. The third kappa shape index (κ3) is 4.10. The summed E-state index contributed by atoms with van der Waals surface area (Å²) in [4.78, 5) is 30.8. The molecule has 3 N–H and O–H groups in total. The number of para-hydroxylation sites is 1. The van der Waals surface area contributed by atoms with E-state index in [-0.39, 0.29) is 22.9 Å². The number of nitrogens with one attached hydrogen (secondary N) is 1. The lowest BCUT2D eigenvalue weighted by Crippen LogP contribution is -2.28. The monoisotopic (exact) mass is 478 g/mol. The van der Waals surface area contributed by atoms with Gasteiger partial charge in [-0.05, 0) is 36.8 Å². The van der Waals surface area contributed by atoms with E-state index in [1.54, 1.807) is 37.3 Å². The van der Waals surface area contributed by atoms with Gasteiger partial charge in [-0.1, -0.05) is 30.3 Å². The second kappa shape index (κ2) is 9.23. The van der Waals surface area contributed by atoms with Gasteiger partial charge in [0, 0.05) is 11.8 Å². The van der Waals surface area contributed by atoms with Crippen molar-refractivity contribution >= 4 is 22.7 Å². The van der Waals surface area contributed by atoms with Crippen LogP contribution in [0.3, 0.4) is 0 Å². The fourth-order valence-corrected chi connectivity index (χ4v) is 4.02. The lowest BCUT2D eigenvalue weighted by molar-refractivity contribution is 0.622. The number of nitrogens with zero attached hydrogens (tertiary/aromatic N) is 6. The van der Waals surface area contributed by atoms with E-state index in [1.807, 2.05) is 24.3 Å². The van der Waals surface area contributed by atoms with Gasteiger partial charge < -0.3 is 11.1 Å². The number of hydrogen-bond acceptors (Lipinski definition) is 8. The van der Waals surface area contributed by atoms with E-state index in [0.717, 1.165) is 6.20 Å². The van der Waals surface area contributed by atoms with Gasteiger partial charge in [-0.2, -0.15) is 10.2 Å². The topological polar surface area (TPSA) is 135 Å². The molecule has 9 nitrogen and oxygen atoms in total. The van der Waals surface area contributed by atoms with Crippen molar-refractivity contribution in [3.05, 3.63) is 101 Å². The first-order valence-electron chi connectivity index (χ1n) is 11.0. The normalized spacial score (nSPS) is 11.7. The molecule has 5 rings (SSSR count). The number of anilines is 2. The number of hydrogen-bond donors (Lipinski definition) is 2. The Morgan fingerprint density at radius 3 is 2.64 bits per heavy atom. The molecule has 2 aromatic carbocycles. The molecule has 176 valence electrons. The van der Waals surface area contributed by atoms with Crippen molar-refractivity contribution in [2.75, 3.05) is 11.1 Å². The Labute approximate surface area is 204 Å². The molecule has 0 saturated carbocycles. The molecule has 1 atom stereocenters. The number of pyridine rings is 1. The van der Waals surface area contributed by atoms with E-state index in [1.165, 1.54) is 23.0 Å². The van der Waals surface area contributed by atoms with Crippen LogP contribution in [0, 0.1) is 17.1 Å². The molecule has 0 bridgehead atoms. The van der Waals surface area contributed by atoms with Crippen LogP contribution < -0.4 is 16.6 Å². The molecule has 0 aliphatic heterocycles. The lowest BCUT2D eigenvalue weighted by Gasteiger charge is -2.21. The van der Waals surface area contributed by atoms with Gasteiger partial charge in [0.25, 0.3) is 5.56 Å². The van der Waals surface area contributed by atoms with E-state index in [4.69, 9.17) is 10.7 Å². The van der Waals surface area contributed by atoms with Crippen molar-refractivity contribution < 1.29 is 4.39 Å². The standard InChI is InChI=1S/C26H19FN8O/c1-15(32-23-17(11-28)13-31-26(29)34-23)24-33-21-9-5-8-20(16-10-18(27)14-30-12-16)22(21)25(36)35(24)19-6-3-2-4-7-19/h2-10,12-15H,1H3,(H3,29,31,32,34). The van der Waals surface area contributed by atoms with Gasteiger partial charge in [-0.15, -0.1) is 0 Å². The predicted octanol–water partition coefficient (Wildman–Crippen LogP) is 4.00. The molecule has 0 radical (unpaired) electrons. The zero-order valence-electron chi connectivity index (χ0n) is 19.1. The lowest BCUT2D eigenvalue weighted by atomic mass is 10.0. The van der Waals surface area contributed by atoms with Crippen molar-refractivity contribution in [3.8, 4) is 22.9 Å². The number of halogens is 1. The molecule has 0 aliphatic rings. The quantitative estimate of drug-likeness (QED) is 0.387. The van der Waals surface area contributed by atoms with Crippen molar-refractivity contribution in [2.45, 2.75) is 13.0 Å². The summed E-state index contributed by atoms with van der Waals surface area (Å²) in [6, 6.07) is 17.1. The Balaban J connectivity index is 1.75. The van der Waals surface area contributed by atoms with E-state index in [2.05, 4.69) is 20.3 Å². The highest BCUT2D eigenvalue weighted by Gasteiger charge is 2.21. The summed E-state index contributed by atoms with van der Waals surface area (Å²) in [7, 11) is 0. The van der Waals surface area contributed by atoms with E-state index in [0.29, 0.717) is 33.5 Å². The molecule has 36 heavy (non-hydrogen) atoms. The van der Waals surface area contributed by atoms with Gasteiger partial charge in [0.15, 0.2) is 0 Å². The van der Waals surface area contributed by atoms with Gasteiger partial charge in [-0.3, -0.25) is 14.3 Å². The summed E-state index contributed by atoms with van der Waals surface area (Å²) in [6.45, 7) is 1.80. The molecular formula is C26H19FN8O. The third-order valence-electron chi connectivity index (χ3n) is 5.62. The van der Waals surface area contributed by atoms with Crippen molar-refractivity contribution in [1.82, 2.24) is 24.5 Å². The summed E-state index contributed by atoms with van der Waals surface area (Å²) in [5.41, 5.74) is 7.60. The SMILES string of the molecule is CC(Nc1nc(N)ncc1C#N)c1nc2cccc(-c3cncc(F)c3)c2c(=O)n1-c1ccccc1. The maximum absolute atomic E-state index is 14.0. The molecule has 3 heterocycles. The van der Waals surface area contributed by atoms with Crippen LogP contribution in [0.5, 0.6) is 0 Å². The minimum Gasteiger partial charge on any atom is -0.368 e. The number of benzene rings is 2. The first-order chi connectivity index (χ1) is 17.5. The van der Waals surface area contributed by atoms with Gasteiger partial charge in [-0.25, -0.2) is 14.4 Å². The smallest absolute Gasteiger partial charge is 0.266 e. The highest BCUT2D eigenvalue weighted by molar-refractivity contribution is 5.94. The van der Waals surface area contributed by atoms with Crippen molar-refractivity contribution in [1.29, 1.82) is 5.26 Å². The number of nitrogens with two attached hydrogens (primary N) is 1. The predicted molar refractivity (Wildman–Crippen MR) is 134 cm³/mol. The Kier molecular flexibility index (Phi) is 5.80. The Morgan fingerprint density at radius 1 is 1.08 bits per heavy atom. The fourth-order valence-electron chi connectivity index (χ4n) is 4.02. The molecule has 0 spiro atoms. The van der Waals surface area contributed by atoms with Crippen LogP contribution >= 0.6 is 0 Å². The molecular weight excluding hydrogens is 459 g/mol. The zero-order valence-corrected chi connectivity index (χ0v) is 19.1. The summed E-state index contributed by atoms with van der Waals surface area (Å²) in [5, 5.41) is 12.9. The summed E-state index contributed by atoms with van der Waals surface area (Å²) in [5.74, 6) is 0.108. The third-order valence-corrected chi connectivity index (χ3v) is 5.62. The highest BCUT2D eigenvalue weighted by Crippen LogP contribution is 2.28. The van der Waals surface area contributed by atoms with Crippen LogP contribution in [0.1, 0.15) is 24.4 Å². The Morgan fingerprint density at radius 2 is 1.89 bits per heavy atom. The number of nitrogen functional groups attached to an aromatic ring is 1. The van der Waals surface area contributed by atoms with Crippen LogP contribution in [0.2, 0.25) is 0 Å². The van der Waals surface area contributed by atoms with Gasteiger partial charge >= 0.3 is 0 Å². The summed E-state index contributed by atoms with van der Waals surface area (Å²) >= 11 is 0. The molecule has 1 unspecified atom stereocenters. The van der Waals surface area contributed by atoms with Crippen LogP contribution in [0.4, 0.5) is 16.2 Å². The zero-order chi connectivity index (χ0) is 25.2. The molecule has 0 saturated heterocycles. The largest absolute Gasteiger partial charge is 0.368 e. The van der Waals surface area contributed by atoms with E-state index in [9.17, 15) is 14.4 Å². The Hall–Kier alpha value is -5.17.